The molecule has 0 aliphatic heterocycles. The van der Waals surface area contributed by atoms with Crippen molar-refractivity contribution in [1.29, 1.82) is 0 Å². The van der Waals surface area contributed by atoms with Crippen molar-refractivity contribution in [1.82, 2.24) is 15.0 Å². The first-order chi connectivity index (χ1) is 25.1. The van der Waals surface area contributed by atoms with Crippen molar-refractivity contribution >= 4 is 59.8 Å². The fraction of sp³-hybridized carbons (Fsp3) is 0. The maximum Gasteiger partial charge on any atom is 0.167 e. The van der Waals surface area contributed by atoms with E-state index in [2.05, 4.69) is 113 Å². The smallest absolute Gasteiger partial charge is 0.167 e. The van der Waals surface area contributed by atoms with Crippen molar-refractivity contribution in [3.8, 4) is 56.4 Å². The molecule has 0 atom stereocenters. The van der Waals surface area contributed by atoms with Crippen LogP contribution in [0.3, 0.4) is 0 Å². The number of nitrogens with zero attached hydrogens (tertiary/aromatic N) is 3. The minimum atomic E-state index is 0.536. The van der Waals surface area contributed by atoms with Crippen LogP contribution in [-0.2, 0) is 0 Å². The standard InChI is InChI=1S/C45H26BrN3O2/c46-33-22-19-28(20-23-33)27-15-17-29(18-16-27)30-7-5-8-31(25-30)43-47-44(32-21-24-36-34-9-1-3-13-39(34)50-41(36)26-32)49-45(48-43)38-12-6-11-37-35-10-2-4-14-40(35)51-42(37)38/h1-26H. The molecular formula is C45H26BrN3O2. The molecule has 0 radical (unpaired) electrons. The molecule has 0 spiro atoms. The van der Waals surface area contributed by atoms with Crippen molar-refractivity contribution in [2.24, 2.45) is 0 Å². The number of furan rings is 2. The third-order valence-corrected chi connectivity index (χ3v) is 9.96. The van der Waals surface area contributed by atoms with Crippen molar-refractivity contribution in [2.45, 2.75) is 0 Å². The molecule has 0 aliphatic carbocycles. The first-order valence-corrected chi connectivity index (χ1v) is 17.5. The van der Waals surface area contributed by atoms with E-state index in [-0.39, 0.29) is 0 Å². The Bertz CT molecular complexity index is 2930. The van der Waals surface area contributed by atoms with Crippen LogP contribution in [0.25, 0.3) is 100 Å². The van der Waals surface area contributed by atoms with E-state index in [1.165, 1.54) is 5.56 Å². The van der Waals surface area contributed by atoms with Crippen molar-refractivity contribution in [3.05, 3.63) is 162 Å². The zero-order valence-electron chi connectivity index (χ0n) is 27.0. The maximum atomic E-state index is 6.43. The summed E-state index contributed by atoms with van der Waals surface area (Å²) in [6.45, 7) is 0. The molecule has 0 saturated carbocycles. The third-order valence-electron chi connectivity index (χ3n) is 9.43. The van der Waals surface area contributed by atoms with Gasteiger partial charge in [0.05, 0.1) is 5.56 Å². The van der Waals surface area contributed by atoms with Crippen molar-refractivity contribution in [2.75, 3.05) is 0 Å². The molecule has 0 aliphatic rings. The second-order valence-electron chi connectivity index (χ2n) is 12.6. The number of fused-ring (bicyclic) bond motifs is 6. The molecule has 10 rings (SSSR count). The molecule has 3 aromatic heterocycles. The summed E-state index contributed by atoms with van der Waals surface area (Å²) < 4.78 is 13.7. The van der Waals surface area contributed by atoms with Gasteiger partial charge in [-0.1, -0.05) is 125 Å². The molecule has 3 heterocycles. The van der Waals surface area contributed by atoms with Gasteiger partial charge in [-0.25, -0.2) is 15.0 Å². The molecule has 51 heavy (non-hydrogen) atoms. The van der Waals surface area contributed by atoms with Crippen LogP contribution in [0.1, 0.15) is 0 Å². The number of halogens is 1. The van der Waals surface area contributed by atoms with Gasteiger partial charge in [-0.2, -0.15) is 0 Å². The van der Waals surface area contributed by atoms with E-state index in [0.29, 0.717) is 17.5 Å². The van der Waals surface area contributed by atoms with Crippen molar-refractivity contribution < 1.29 is 8.83 Å². The summed E-state index contributed by atoms with van der Waals surface area (Å²) in [6, 6.07) is 53.8. The van der Waals surface area contributed by atoms with Crippen molar-refractivity contribution in [3.63, 3.8) is 0 Å². The molecule has 0 bridgehead atoms. The maximum absolute atomic E-state index is 6.43. The Labute approximate surface area is 301 Å². The second-order valence-corrected chi connectivity index (χ2v) is 13.5. The van der Waals surface area contributed by atoms with Crippen LogP contribution < -0.4 is 0 Å². The van der Waals surface area contributed by atoms with Gasteiger partial charge >= 0.3 is 0 Å². The summed E-state index contributed by atoms with van der Waals surface area (Å²) in [5, 5.41) is 4.20. The van der Waals surface area contributed by atoms with Gasteiger partial charge in [-0.15, -0.1) is 0 Å². The van der Waals surface area contributed by atoms with Crippen LogP contribution in [0.4, 0.5) is 0 Å². The van der Waals surface area contributed by atoms with Gasteiger partial charge in [-0.05, 0) is 70.8 Å². The lowest BCUT2D eigenvalue weighted by atomic mass is 9.99. The van der Waals surface area contributed by atoms with Gasteiger partial charge in [0.25, 0.3) is 0 Å². The second kappa shape index (κ2) is 11.9. The van der Waals surface area contributed by atoms with Gasteiger partial charge in [0.1, 0.15) is 22.3 Å². The van der Waals surface area contributed by atoms with Gasteiger partial charge in [0, 0.05) is 37.1 Å². The highest BCUT2D eigenvalue weighted by Gasteiger charge is 2.19. The lowest BCUT2D eigenvalue weighted by Crippen LogP contribution is -2.00. The van der Waals surface area contributed by atoms with Crippen LogP contribution in [0.2, 0.25) is 0 Å². The SMILES string of the molecule is Brc1ccc(-c2ccc(-c3cccc(-c4nc(-c5ccc6c(c5)oc5ccccc56)nc(-c5cccc6c5oc5ccccc56)n4)c3)cc2)cc1. The normalized spacial score (nSPS) is 11.6. The topological polar surface area (TPSA) is 65.0 Å². The summed E-state index contributed by atoms with van der Waals surface area (Å²) in [5.74, 6) is 1.66. The average molecular weight is 721 g/mol. The van der Waals surface area contributed by atoms with Crippen LogP contribution >= 0.6 is 15.9 Å². The van der Waals surface area contributed by atoms with E-state index in [9.17, 15) is 0 Å². The van der Waals surface area contributed by atoms with E-state index < -0.39 is 0 Å². The summed E-state index contributed by atoms with van der Waals surface area (Å²) in [6.07, 6.45) is 0. The number of rotatable bonds is 5. The predicted octanol–water partition coefficient (Wildman–Crippen LogP) is 12.8. The molecule has 0 fully saturated rings. The Balaban J connectivity index is 1.12. The van der Waals surface area contributed by atoms with Crippen LogP contribution in [0, 0.1) is 0 Å². The number of hydrogen-bond acceptors (Lipinski definition) is 5. The number of aromatic nitrogens is 3. The summed E-state index contributed by atoms with van der Waals surface area (Å²) in [7, 11) is 0. The Morgan fingerprint density at radius 2 is 0.863 bits per heavy atom. The minimum Gasteiger partial charge on any atom is -0.456 e. The van der Waals surface area contributed by atoms with E-state index in [1.54, 1.807) is 0 Å². The fourth-order valence-electron chi connectivity index (χ4n) is 6.88. The monoisotopic (exact) mass is 719 g/mol. The third kappa shape index (κ3) is 5.20. The molecule has 0 N–H and O–H groups in total. The van der Waals surface area contributed by atoms with Gasteiger partial charge in [-0.3, -0.25) is 0 Å². The largest absolute Gasteiger partial charge is 0.456 e. The van der Waals surface area contributed by atoms with E-state index in [1.807, 2.05) is 60.7 Å². The quantitative estimate of drug-likeness (QED) is 0.177. The average Bonchev–Trinajstić information content (AvgIpc) is 3.76. The van der Waals surface area contributed by atoms with E-state index in [4.69, 9.17) is 23.8 Å². The van der Waals surface area contributed by atoms with Gasteiger partial charge in [0.15, 0.2) is 17.5 Å². The first-order valence-electron chi connectivity index (χ1n) is 16.7. The lowest BCUT2D eigenvalue weighted by Gasteiger charge is -2.10. The molecular weight excluding hydrogens is 694 g/mol. The Morgan fingerprint density at radius 1 is 0.353 bits per heavy atom. The summed E-state index contributed by atoms with van der Waals surface area (Å²) in [4.78, 5) is 15.3. The van der Waals surface area contributed by atoms with Crippen LogP contribution in [0.5, 0.6) is 0 Å². The molecule has 6 heteroatoms. The molecule has 0 amide bonds. The Kier molecular flexibility index (Phi) is 6.89. The highest BCUT2D eigenvalue weighted by atomic mass is 79.9. The minimum absolute atomic E-state index is 0.536. The Morgan fingerprint density at radius 3 is 1.61 bits per heavy atom. The predicted molar refractivity (Wildman–Crippen MR) is 209 cm³/mol. The first kappa shape index (κ1) is 29.5. The highest BCUT2D eigenvalue weighted by Crippen LogP contribution is 2.37. The lowest BCUT2D eigenvalue weighted by molar-refractivity contribution is 0.668. The molecule has 5 nitrogen and oxygen atoms in total. The number of benzene rings is 7. The van der Waals surface area contributed by atoms with Gasteiger partial charge in [0.2, 0.25) is 0 Å². The van der Waals surface area contributed by atoms with Crippen LogP contribution in [-0.4, -0.2) is 15.0 Å². The molecule has 7 aromatic carbocycles. The Hall–Kier alpha value is -6.37. The number of hydrogen-bond donors (Lipinski definition) is 0. The highest BCUT2D eigenvalue weighted by molar-refractivity contribution is 9.10. The zero-order chi connectivity index (χ0) is 33.9. The van der Waals surface area contributed by atoms with Crippen LogP contribution in [0.15, 0.2) is 171 Å². The molecule has 0 saturated heterocycles. The van der Waals surface area contributed by atoms with E-state index in [0.717, 1.165) is 81.7 Å². The molecule has 10 aromatic rings. The van der Waals surface area contributed by atoms with Gasteiger partial charge < -0.3 is 8.83 Å². The zero-order valence-corrected chi connectivity index (χ0v) is 28.6. The summed E-state index contributed by atoms with van der Waals surface area (Å²) >= 11 is 3.53. The number of para-hydroxylation sites is 3. The summed E-state index contributed by atoms with van der Waals surface area (Å²) in [5.41, 5.74) is 10.2. The molecule has 0 unspecified atom stereocenters. The fourth-order valence-corrected chi connectivity index (χ4v) is 7.14. The van der Waals surface area contributed by atoms with E-state index >= 15 is 0 Å². The molecule has 240 valence electrons.